The van der Waals surface area contributed by atoms with Gasteiger partial charge in [-0.25, -0.2) is 0 Å². The van der Waals surface area contributed by atoms with Gasteiger partial charge in [0.25, 0.3) is 0 Å². The number of ether oxygens (including phenoxy) is 1. The van der Waals surface area contributed by atoms with Gasteiger partial charge in [-0.3, -0.25) is 0 Å². The van der Waals surface area contributed by atoms with E-state index < -0.39 is 0 Å². The van der Waals surface area contributed by atoms with Crippen LogP contribution in [0.5, 0.6) is 5.75 Å². The van der Waals surface area contributed by atoms with Crippen LogP contribution < -0.4 is 10.1 Å². The smallest absolute Gasteiger partial charge is 0.140 e. The van der Waals surface area contributed by atoms with Crippen molar-refractivity contribution in [2.45, 2.75) is 13.3 Å². The van der Waals surface area contributed by atoms with Crippen LogP contribution in [0.15, 0.2) is 12.1 Å². The average molecular weight is 269 g/mol. The standard InChI is InChI=1S/C14H21ClN2O/c1-11-9-12(10-13(15)14(11)18-2)3-6-17-7-4-16-5-8-17/h9-10,16H,3-8H2,1-2H3. The van der Waals surface area contributed by atoms with Crippen molar-refractivity contribution < 1.29 is 4.74 Å². The predicted molar refractivity (Wildman–Crippen MR) is 75.8 cm³/mol. The average Bonchev–Trinajstić information content (AvgIpc) is 2.37. The highest BCUT2D eigenvalue weighted by Crippen LogP contribution is 2.29. The maximum absolute atomic E-state index is 6.21. The first kappa shape index (κ1) is 13.7. The van der Waals surface area contributed by atoms with Gasteiger partial charge in [-0.2, -0.15) is 0 Å². The largest absolute Gasteiger partial charge is 0.495 e. The maximum Gasteiger partial charge on any atom is 0.140 e. The van der Waals surface area contributed by atoms with Crippen molar-refractivity contribution in [3.63, 3.8) is 0 Å². The molecule has 1 heterocycles. The van der Waals surface area contributed by atoms with E-state index in [4.69, 9.17) is 16.3 Å². The Balaban J connectivity index is 1.96. The fourth-order valence-electron chi connectivity index (χ4n) is 2.43. The lowest BCUT2D eigenvalue weighted by molar-refractivity contribution is 0.244. The Labute approximate surface area is 114 Å². The molecular weight excluding hydrogens is 248 g/mol. The van der Waals surface area contributed by atoms with Gasteiger partial charge in [0.2, 0.25) is 0 Å². The number of nitrogens with zero attached hydrogens (tertiary/aromatic N) is 1. The molecule has 0 amide bonds. The van der Waals surface area contributed by atoms with E-state index in [-0.39, 0.29) is 0 Å². The van der Waals surface area contributed by atoms with Crippen molar-refractivity contribution >= 4 is 11.6 Å². The monoisotopic (exact) mass is 268 g/mol. The van der Waals surface area contributed by atoms with Gasteiger partial charge in [0.05, 0.1) is 12.1 Å². The van der Waals surface area contributed by atoms with Gasteiger partial charge in [-0.15, -0.1) is 0 Å². The van der Waals surface area contributed by atoms with Crippen LogP contribution in [-0.4, -0.2) is 44.7 Å². The Morgan fingerprint density at radius 1 is 1.33 bits per heavy atom. The first-order chi connectivity index (χ1) is 8.70. The molecule has 3 nitrogen and oxygen atoms in total. The molecule has 1 saturated heterocycles. The second-order valence-corrected chi connectivity index (χ2v) is 5.18. The summed E-state index contributed by atoms with van der Waals surface area (Å²) in [6, 6.07) is 4.20. The minimum absolute atomic E-state index is 0.716. The van der Waals surface area contributed by atoms with Gasteiger partial charge in [-0.05, 0) is 30.5 Å². The summed E-state index contributed by atoms with van der Waals surface area (Å²) in [6.07, 6.45) is 1.05. The van der Waals surface area contributed by atoms with Crippen molar-refractivity contribution in [2.75, 3.05) is 39.8 Å². The zero-order chi connectivity index (χ0) is 13.0. The number of methoxy groups -OCH3 is 1. The van der Waals surface area contributed by atoms with Crippen LogP contribution >= 0.6 is 11.6 Å². The topological polar surface area (TPSA) is 24.5 Å². The number of benzene rings is 1. The second kappa shape index (κ2) is 6.41. The third kappa shape index (κ3) is 3.37. The zero-order valence-corrected chi connectivity index (χ0v) is 11.9. The van der Waals surface area contributed by atoms with E-state index in [0.717, 1.165) is 50.5 Å². The van der Waals surface area contributed by atoms with E-state index in [1.54, 1.807) is 7.11 Å². The molecule has 1 aromatic rings. The van der Waals surface area contributed by atoms with E-state index in [1.807, 2.05) is 13.0 Å². The van der Waals surface area contributed by atoms with E-state index in [0.29, 0.717) is 5.02 Å². The summed E-state index contributed by atoms with van der Waals surface area (Å²) in [4.78, 5) is 2.49. The van der Waals surface area contributed by atoms with Crippen LogP contribution in [-0.2, 0) is 6.42 Å². The van der Waals surface area contributed by atoms with Crippen molar-refractivity contribution in [3.8, 4) is 5.75 Å². The van der Waals surface area contributed by atoms with Crippen molar-refractivity contribution in [2.24, 2.45) is 0 Å². The molecule has 0 aliphatic carbocycles. The van der Waals surface area contributed by atoms with Crippen LogP contribution in [0, 0.1) is 6.92 Å². The molecule has 0 bridgehead atoms. The summed E-state index contributed by atoms with van der Waals surface area (Å²) in [6.45, 7) is 7.62. The number of halogens is 1. The number of hydrogen-bond acceptors (Lipinski definition) is 3. The zero-order valence-electron chi connectivity index (χ0n) is 11.1. The van der Waals surface area contributed by atoms with Gasteiger partial charge >= 0.3 is 0 Å². The number of nitrogens with one attached hydrogen (secondary N) is 1. The lowest BCUT2D eigenvalue weighted by atomic mass is 10.1. The summed E-state index contributed by atoms with van der Waals surface area (Å²) in [7, 11) is 1.66. The number of rotatable bonds is 4. The molecule has 4 heteroatoms. The Kier molecular flexibility index (Phi) is 4.87. The normalized spacial score (nSPS) is 16.8. The first-order valence-electron chi connectivity index (χ1n) is 6.47. The first-order valence-corrected chi connectivity index (χ1v) is 6.84. The van der Waals surface area contributed by atoms with Crippen LogP contribution in [0.2, 0.25) is 5.02 Å². The summed E-state index contributed by atoms with van der Waals surface area (Å²) < 4.78 is 5.27. The third-order valence-electron chi connectivity index (χ3n) is 3.42. The fourth-order valence-corrected chi connectivity index (χ4v) is 2.79. The molecule has 18 heavy (non-hydrogen) atoms. The minimum atomic E-state index is 0.716. The summed E-state index contributed by atoms with van der Waals surface area (Å²) in [5, 5.41) is 4.08. The van der Waals surface area contributed by atoms with E-state index in [9.17, 15) is 0 Å². The SMILES string of the molecule is COc1c(C)cc(CCN2CCNCC2)cc1Cl. The van der Waals surface area contributed by atoms with Gasteiger partial charge in [0.1, 0.15) is 5.75 Å². The molecule has 0 saturated carbocycles. The van der Waals surface area contributed by atoms with Crippen molar-refractivity contribution in [1.29, 1.82) is 0 Å². The molecule has 0 atom stereocenters. The van der Waals surface area contributed by atoms with E-state index >= 15 is 0 Å². The number of piperazine rings is 1. The van der Waals surface area contributed by atoms with Gasteiger partial charge in [0.15, 0.2) is 0 Å². The van der Waals surface area contributed by atoms with E-state index in [1.165, 1.54) is 5.56 Å². The molecular formula is C14H21ClN2O. The van der Waals surface area contributed by atoms with E-state index in [2.05, 4.69) is 16.3 Å². The highest BCUT2D eigenvalue weighted by Gasteiger charge is 2.11. The molecule has 2 rings (SSSR count). The molecule has 1 N–H and O–H groups in total. The predicted octanol–water partition coefficient (Wildman–Crippen LogP) is 2.10. The highest BCUT2D eigenvalue weighted by atomic mass is 35.5. The van der Waals surface area contributed by atoms with Crippen molar-refractivity contribution in [3.05, 3.63) is 28.3 Å². The fraction of sp³-hybridized carbons (Fsp3) is 0.571. The van der Waals surface area contributed by atoms with Gasteiger partial charge in [-0.1, -0.05) is 17.7 Å². The minimum Gasteiger partial charge on any atom is -0.495 e. The molecule has 0 aromatic heterocycles. The molecule has 0 spiro atoms. The Hall–Kier alpha value is -0.770. The summed E-state index contributed by atoms with van der Waals surface area (Å²) in [5.74, 6) is 0.794. The quantitative estimate of drug-likeness (QED) is 0.905. The Morgan fingerprint density at radius 2 is 2.06 bits per heavy atom. The number of hydrogen-bond donors (Lipinski definition) is 1. The third-order valence-corrected chi connectivity index (χ3v) is 3.70. The highest BCUT2D eigenvalue weighted by molar-refractivity contribution is 6.32. The van der Waals surface area contributed by atoms with Crippen LogP contribution in [0.3, 0.4) is 0 Å². The van der Waals surface area contributed by atoms with Crippen molar-refractivity contribution in [1.82, 2.24) is 10.2 Å². The Bertz CT molecular complexity index is 380. The van der Waals surface area contributed by atoms with Crippen LogP contribution in [0.25, 0.3) is 0 Å². The molecule has 1 fully saturated rings. The number of aryl methyl sites for hydroxylation is 1. The molecule has 1 aliphatic rings. The molecule has 0 radical (unpaired) electrons. The second-order valence-electron chi connectivity index (χ2n) is 4.77. The lowest BCUT2D eigenvalue weighted by Crippen LogP contribution is -2.44. The van der Waals surface area contributed by atoms with Crippen LogP contribution in [0.1, 0.15) is 11.1 Å². The Morgan fingerprint density at radius 3 is 2.67 bits per heavy atom. The molecule has 100 valence electrons. The summed E-state index contributed by atoms with van der Waals surface area (Å²) in [5.41, 5.74) is 2.40. The maximum atomic E-state index is 6.21. The van der Waals surface area contributed by atoms with Gasteiger partial charge in [0, 0.05) is 32.7 Å². The summed E-state index contributed by atoms with van der Waals surface area (Å²) >= 11 is 6.21. The van der Waals surface area contributed by atoms with Crippen LogP contribution in [0.4, 0.5) is 0 Å². The molecule has 1 aromatic carbocycles. The van der Waals surface area contributed by atoms with Gasteiger partial charge < -0.3 is 15.0 Å². The molecule has 1 aliphatic heterocycles. The lowest BCUT2D eigenvalue weighted by Gasteiger charge is -2.27. The molecule has 0 unspecified atom stereocenters.